The summed E-state index contributed by atoms with van der Waals surface area (Å²) in [6, 6.07) is 8.71. The predicted octanol–water partition coefficient (Wildman–Crippen LogP) is 2.62. The molecule has 1 atom stereocenters. The summed E-state index contributed by atoms with van der Waals surface area (Å²) in [4.78, 5) is 17.2. The van der Waals surface area contributed by atoms with E-state index in [-0.39, 0.29) is 12.1 Å². The molecule has 0 radical (unpaired) electrons. The van der Waals surface area contributed by atoms with Gasteiger partial charge in [0.1, 0.15) is 5.75 Å². The number of nitrogens with zero attached hydrogens (tertiary/aromatic N) is 2. The van der Waals surface area contributed by atoms with Gasteiger partial charge in [-0.15, -0.1) is 0 Å². The molecular formula is C21H34N4O2. The molecule has 1 aliphatic heterocycles. The van der Waals surface area contributed by atoms with Crippen LogP contribution in [0.15, 0.2) is 24.3 Å². The first-order valence-corrected chi connectivity index (χ1v) is 10.3. The molecule has 27 heavy (non-hydrogen) atoms. The van der Waals surface area contributed by atoms with Crippen LogP contribution in [-0.4, -0.2) is 68.8 Å². The second kappa shape index (κ2) is 9.95. The molecule has 1 saturated heterocycles. The lowest BCUT2D eigenvalue weighted by molar-refractivity contribution is 0.111. The zero-order valence-corrected chi connectivity index (χ0v) is 16.7. The molecule has 2 aliphatic rings. The molecule has 1 saturated carbocycles. The van der Waals surface area contributed by atoms with E-state index in [1.165, 1.54) is 24.8 Å². The number of hydrogen-bond donors (Lipinski definition) is 2. The summed E-state index contributed by atoms with van der Waals surface area (Å²) in [5, 5.41) is 6.29. The molecule has 150 valence electrons. The number of urea groups is 1. The Hall–Kier alpha value is -1.79. The number of ether oxygens (including phenoxy) is 1. The Morgan fingerprint density at radius 3 is 2.41 bits per heavy atom. The summed E-state index contributed by atoms with van der Waals surface area (Å²) in [5.74, 6) is 0.860. The fourth-order valence-electron chi connectivity index (χ4n) is 4.09. The summed E-state index contributed by atoms with van der Waals surface area (Å²) in [6.07, 6.45) is 5.95. The van der Waals surface area contributed by atoms with Crippen LogP contribution in [0.4, 0.5) is 4.79 Å². The molecule has 0 unspecified atom stereocenters. The van der Waals surface area contributed by atoms with Gasteiger partial charge in [-0.2, -0.15) is 0 Å². The van der Waals surface area contributed by atoms with E-state index in [2.05, 4.69) is 39.6 Å². The molecule has 1 aromatic rings. The Morgan fingerprint density at radius 1 is 1.11 bits per heavy atom. The van der Waals surface area contributed by atoms with Crippen molar-refractivity contribution in [2.75, 3.05) is 46.9 Å². The normalized spacial score (nSPS) is 20.8. The van der Waals surface area contributed by atoms with E-state index in [1.54, 1.807) is 7.11 Å². The minimum atomic E-state index is -0.0328. The number of nitrogens with one attached hydrogen (secondary N) is 2. The standard InChI is InChI=1S/C21H34N4O2/c1-24-12-14-25(15-13-24)20(17-8-10-19(27-2)11-9-17)16-22-21(26)23-18-6-4-3-5-7-18/h8-11,18,20H,3-7,12-16H2,1-2H3,(H2,22,23,26)/t20-/m0/s1. The van der Waals surface area contributed by atoms with E-state index in [4.69, 9.17) is 4.74 Å². The van der Waals surface area contributed by atoms with Crippen molar-refractivity contribution in [2.24, 2.45) is 0 Å². The van der Waals surface area contributed by atoms with Gasteiger partial charge in [0.2, 0.25) is 0 Å². The van der Waals surface area contributed by atoms with Crippen LogP contribution in [0.3, 0.4) is 0 Å². The summed E-state index contributed by atoms with van der Waals surface area (Å²) >= 11 is 0. The van der Waals surface area contributed by atoms with Crippen molar-refractivity contribution in [3.63, 3.8) is 0 Å². The van der Waals surface area contributed by atoms with E-state index >= 15 is 0 Å². The van der Waals surface area contributed by atoms with Crippen molar-refractivity contribution in [3.8, 4) is 5.75 Å². The van der Waals surface area contributed by atoms with Gasteiger partial charge < -0.3 is 20.3 Å². The molecule has 1 aliphatic carbocycles. The lowest BCUT2D eigenvalue weighted by atomic mass is 9.96. The topological polar surface area (TPSA) is 56.8 Å². The number of piperazine rings is 1. The van der Waals surface area contributed by atoms with Crippen LogP contribution >= 0.6 is 0 Å². The van der Waals surface area contributed by atoms with Crippen LogP contribution in [0.2, 0.25) is 0 Å². The first kappa shape index (κ1) is 20.0. The Bertz CT molecular complexity index is 578. The fourth-order valence-corrected chi connectivity index (χ4v) is 4.09. The number of amides is 2. The average molecular weight is 375 g/mol. The monoisotopic (exact) mass is 374 g/mol. The summed E-state index contributed by atoms with van der Waals surface area (Å²) in [7, 11) is 3.85. The molecular weight excluding hydrogens is 340 g/mol. The van der Waals surface area contributed by atoms with Crippen molar-refractivity contribution >= 4 is 6.03 Å². The van der Waals surface area contributed by atoms with E-state index in [1.807, 2.05) is 12.1 Å². The summed E-state index contributed by atoms with van der Waals surface area (Å²) in [5.41, 5.74) is 1.22. The van der Waals surface area contributed by atoms with Crippen molar-refractivity contribution in [2.45, 2.75) is 44.2 Å². The van der Waals surface area contributed by atoms with E-state index in [0.29, 0.717) is 12.6 Å². The number of carbonyl (C=O) groups excluding carboxylic acids is 1. The largest absolute Gasteiger partial charge is 0.497 e. The van der Waals surface area contributed by atoms with Crippen molar-refractivity contribution in [1.29, 1.82) is 0 Å². The van der Waals surface area contributed by atoms with Crippen molar-refractivity contribution in [1.82, 2.24) is 20.4 Å². The highest BCUT2D eigenvalue weighted by atomic mass is 16.5. The van der Waals surface area contributed by atoms with E-state index < -0.39 is 0 Å². The number of carbonyl (C=O) groups is 1. The third-order valence-electron chi connectivity index (χ3n) is 5.88. The maximum Gasteiger partial charge on any atom is 0.315 e. The molecule has 0 spiro atoms. The third-order valence-corrected chi connectivity index (χ3v) is 5.88. The molecule has 6 nitrogen and oxygen atoms in total. The highest BCUT2D eigenvalue weighted by Crippen LogP contribution is 2.24. The second-order valence-corrected chi connectivity index (χ2v) is 7.82. The highest BCUT2D eigenvalue weighted by Gasteiger charge is 2.25. The van der Waals surface area contributed by atoms with Crippen molar-refractivity contribution < 1.29 is 9.53 Å². The molecule has 2 fully saturated rings. The van der Waals surface area contributed by atoms with Crippen LogP contribution in [0, 0.1) is 0 Å². The Morgan fingerprint density at radius 2 is 1.78 bits per heavy atom. The molecule has 0 bridgehead atoms. The van der Waals surface area contributed by atoms with Gasteiger partial charge >= 0.3 is 6.03 Å². The molecule has 0 aromatic heterocycles. The first-order valence-electron chi connectivity index (χ1n) is 10.3. The molecule has 1 aromatic carbocycles. The van der Waals surface area contributed by atoms with Crippen LogP contribution in [0.5, 0.6) is 5.75 Å². The fraction of sp³-hybridized carbons (Fsp3) is 0.667. The van der Waals surface area contributed by atoms with Crippen LogP contribution in [0.1, 0.15) is 43.7 Å². The lowest BCUT2D eigenvalue weighted by Crippen LogP contribution is -2.50. The van der Waals surface area contributed by atoms with E-state index in [9.17, 15) is 4.79 Å². The van der Waals surface area contributed by atoms with Crippen LogP contribution in [0.25, 0.3) is 0 Å². The van der Waals surface area contributed by atoms with Gasteiger partial charge in [0.15, 0.2) is 0 Å². The predicted molar refractivity (Wildman–Crippen MR) is 108 cm³/mol. The van der Waals surface area contributed by atoms with Gasteiger partial charge in [-0.05, 0) is 37.6 Å². The number of likely N-dealkylation sites (N-methyl/N-ethyl adjacent to an activating group) is 1. The number of hydrogen-bond acceptors (Lipinski definition) is 4. The maximum atomic E-state index is 12.4. The number of benzene rings is 1. The van der Waals surface area contributed by atoms with Gasteiger partial charge in [0.05, 0.1) is 13.2 Å². The highest BCUT2D eigenvalue weighted by molar-refractivity contribution is 5.74. The maximum absolute atomic E-state index is 12.4. The lowest BCUT2D eigenvalue weighted by Gasteiger charge is -2.38. The van der Waals surface area contributed by atoms with Crippen molar-refractivity contribution in [3.05, 3.63) is 29.8 Å². The van der Waals surface area contributed by atoms with E-state index in [0.717, 1.165) is 44.8 Å². The summed E-state index contributed by atoms with van der Waals surface area (Å²) < 4.78 is 5.29. The third kappa shape index (κ3) is 5.84. The van der Waals surface area contributed by atoms with Gasteiger partial charge in [-0.25, -0.2) is 4.79 Å². The zero-order chi connectivity index (χ0) is 19.1. The zero-order valence-electron chi connectivity index (χ0n) is 16.7. The molecule has 6 heteroatoms. The number of methoxy groups -OCH3 is 1. The van der Waals surface area contributed by atoms with Crippen LogP contribution < -0.4 is 15.4 Å². The van der Waals surface area contributed by atoms with Crippen LogP contribution in [-0.2, 0) is 0 Å². The smallest absolute Gasteiger partial charge is 0.315 e. The molecule has 1 heterocycles. The minimum absolute atomic E-state index is 0.0328. The quantitative estimate of drug-likeness (QED) is 0.804. The first-order chi connectivity index (χ1) is 13.2. The second-order valence-electron chi connectivity index (χ2n) is 7.82. The Kier molecular flexibility index (Phi) is 7.35. The van der Waals surface area contributed by atoms with Gasteiger partial charge in [-0.1, -0.05) is 31.4 Å². The SMILES string of the molecule is COc1ccc([C@H](CNC(=O)NC2CCCCC2)N2CCN(C)CC2)cc1. The van der Waals surface area contributed by atoms with Gasteiger partial charge in [0.25, 0.3) is 0 Å². The molecule has 3 rings (SSSR count). The average Bonchev–Trinajstić information content (AvgIpc) is 2.70. The Labute approximate surface area is 163 Å². The molecule has 2 amide bonds. The number of rotatable bonds is 6. The van der Waals surface area contributed by atoms with Gasteiger partial charge in [-0.3, -0.25) is 4.90 Å². The molecule has 2 N–H and O–H groups in total. The minimum Gasteiger partial charge on any atom is -0.497 e. The summed E-state index contributed by atoms with van der Waals surface area (Å²) in [6.45, 7) is 4.76. The van der Waals surface area contributed by atoms with Gasteiger partial charge in [0, 0.05) is 38.8 Å². The Balaban J connectivity index is 1.60.